The molecule has 2 aliphatic carbocycles. The number of likely N-dealkylation sites (tertiary alicyclic amines) is 1. The van der Waals surface area contributed by atoms with Gasteiger partial charge in [0, 0.05) is 17.9 Å². The lowest BCUT2D eigenvalue weighted by Gasteiger charge is -2.45. The average Bonchev–Trinajstić information content (AvgIpc) is 2.30. The number of hydrogen-bond donors (Lipinski definition) is 0. The lowest BCUT2D eigenvalue weighted by molar-refractivity contribution is -0.136. The maximum absolute atomic E-state index is 12.2. The zero-order chi connectivity index (χ0) is 11.0. The molecule has 3 heteroatoms. The average molecular weight is 258 g/mol. The number of ketones is 1. The smallest absolute Gasteiger partial charge is 0.140 e. The maximum atomic E-state index is 12.2. The van der Waals surface area contributed by atoms with Crippen molar-refractivity contribution in [2.24, 2.45) is 11.8 Å². The molecule has 3 fully saturated rings. The van der Waals surface area contributed by atoms with E-state index >= 15 is 0 Å². The zero-order valence-corrected chi connectivity index (χ0v) is 11.4. The Bertz CT molecular complexity index is 275. The second kappa shape index (κ2) is 5.71. The largest absolute Gasteiger partial charge is 0.300 e. The van der Waals surface area contributed by atoms with Crippen molar-refractivity contribution < 1.29 is 4.79 Å². The summed E-state index contributed by atoms with van der Waals surface area (Å²) in [5, 5.41) is 0. The van der Waals surface area contributed by atoms with Crippen LogP contribution in [0.25, 0.3) is 0 Å². The highest BCUT2D eigenvalue weighted by Crippen LogP contribution is 2.39. The van der Waals surface area contributed by atoms with Gasteiger partial charge in [0.05, 0.1) is 0 Å². The Hall–Kier alpha value is -0.0800. The summed E-state index contributed by atoms with van der Waals surface area (Å²) in [6.07, 6.45) is 10.2. The summed E-state index contributed by atoms with van der Waals surface area (Å²) in [5.74, 6) is 1.47. The van der Waals surface area contributed by atoms with Crippen LogP contribution in [0, 0.1) is 11.8 Å². The SMILES string of the molecule is Cl.O=C1C2CCCC1C(N1CCCCC1)CC2. The molecule has 3 atom stereocenters. The first-order chi connectivity index (χ1) is 7.86. The summed E-state index contributed by atoms with van der Waals surface area (Å²) in [7, 11) is 0. The van der Waals surface area contributed by atoms with Gasteiger partial charge in [-0.05, 0) is 51.6 Å². The van der Waals surface area contributed by atoms with E-state index in [0.29, 0.717) is 23.7 Å². The lowest BCUT2D eigenvalue weighted by Crippen LogP contribution is -2.51. The van der Waals surface area contributed by atoms with Gasteiger partial charge in [0.15, 0.2) is 0 Å². The number of halogens is 1. The van der Waals surface area contributed by atoms with Crippen LogP contribution in [0.4, 0.5) is 0 Å². The Labute approximate surface area is 111 Å². The van der Waals surface area contributed by atoms with E-state index in [4.69, 9.17) is 0 Å². The van der Waals surface area contributed by atoms with E-state index in [9.17, 15) is 4.79 Å². The molecule has 2 nitrogen and oxygen atoms in total. The standard InChI is InChI=1S/C14H23NO.ClH/c16-14-11-5-4-6-12(14)13(8-7-11)15-9-2-1-3-10-15;/h11-13H,1-10H2;1H. The van der Waals surface area contributed by atoms with E-state index in [1.54, 1.807) is 0 Å². The van der Waals surface area contributed by atoms with Crippen molar-refractivity contribution in [2.75, 3.05) is 13.1 Å². The van der Waals surface area contributed by atoms with E-state index in [-0.39, 0.29) is 12.4 Å². The van der Waals surface area contributed by atoms with Gasteiger partial charge >= 0.3 is 0 Å². The third-order valence-electron chi connectivity index (χ3n) is 4.97. The van der Waals surface area contributed by atoms with Crippen molar-refractivity contribution in [2.45, 2.75) is 57.4 Å². The summed E-state index contributed by atoms with van der Waals surface area (Å²) >= 11 is 0. The number of carbonyl (C=O) groups is 1. The van der Waals surface area contributed by atoms with Gasteiger partial charge in [-0.2, -0.15) is 0 Å². The quantitative estimate of drug-likeness (QED) is 0.720. The Morgan fingerprint density at radius 1 is 0.882 bits per heavy atom. The predicted molar refractivity (Wildman–Crippen MR) is 71.5 cm³/mol. The van der Waals surface area contributed by atoms with Gasteiger partial charge in [-0.3, -0.25) is 9.69 Å². The molecular weight excluding hydrogens is 234 g/mol. The Morgan fingerprint density at radius 2 is 1.65 bits per heavy atom. The van der Waals surface area contributed by atoms with Crippen molar-refractivity contribution in [1.82, 2.24) is 4.90 Å². The van der Waals surface area contributed by atoms with Crippen LogP contribution in [0.15, 0.2) is 0 Å². The first-order valence-corrected chi connectivity index (χ1v) is 7.14. The van der Waals surface area contributed by atoms with Crippen LogP contribution < -0.4 is 0 Å². The molecular formula is C14H24ClNO. The van der Waals surface area contributed by atoms with Crippen LogP contribution >= 0.6 is 12.4 Å². The number of hydrogen-bond acceptors (Lipinski definition) is 2. The fourth-order valence-corrected chi connectivity index (χ4v) is 4.10. The summed E-state index contributed by atoms with van der Waals surface area (Å²) < 4.78 is 0. The predicted octanol–water partition coefficient (Wildman–Crippen LogP) is 3.04. The van der Waals surface area contributed by atoms with E-state index in [2.05, 4.69) is 4.90 Å². The second-order valence-corrected chi connectivity index (χ2v) is 5.88. The zero-order valence-electron chi connectivity index (χ0n) is 10.6. The molecule has 2 saturated carbocycles. The molecule has 0 aromatic rings. The minimum atomic E-state index is 0. The van der Waals surface area contributed by atoms with Gasteiger partial charge in [0.1, 0.15) is 5.78 Å². The van der Waals surface area contributed by atoms with Crippen LogP contribution in [-0.4, -0.2) is 29.8 Å². The third kappa shape index (κ3) is 2.53. The van der Waals surface area contributed by atoms with Crippen LogP contribution in [-0.2, 0) is 4.79 Å². The van der Waals surface area contributed by atoms with Gasteiger partial charge in [-0.15, -0.1) is 12.4 Å². The van der Waals surface area contributed by atoms with Crippen LogP contribution in [0.5, 0.6) is 0 Å². The van der Waals surface area contributed by atoms with Crippen molar-refractivity contribution >= 4 is 18.2 Å². The molecule has 3 rings (SSSR count). The Balaban J connectivity index is 0.00000108. The molecule has 0 aromatic heterocycles. The van der Waals surface area contributed by atoms with E-state index in [1.807, 2.05) is 0 Å². The van der Waals surface area contributed by atoms with Gasteiger partial charge in [-0.25, -0.2) is 0 Å². The Morgan fingerprint density at radius 3 is 2.41 bits per heavy atom. The number of nitrogens with zero attached hydrogens (tertiary/aromatic N) is 1. The first kappa shape index (κ1) is 13.4. The summed E-state index contributed by atoms with van der Waals surface area (Å²) in [6.45, 7) is 2.50. The van der Waals surface area contributed by atoms with E-state index < -0.39 is 0 Å². The maximum Gasteiger partial charge on any atom is 0.140 e. The molecule has 17 heavy (non-hydrogen) atoms. The number of rotatable bonds is 1. The molecule has 0 spiro atoms. The highest BCUT2D eigenvalue weighted by molar-refractivity contribution is 5.85. The number of piperidine rings is 1. The van der Waals surface area contributed by atoms with Crippen molar-refractivity contribution in [3.63, 3.8) is 0 Å². The van der Waals surface area contributed by atoms with Crippen molar-refractivity contribution in [3.05, 3.63) is 0 Å². The molecule has 1 aliphatic heterocycles. The molecule has 0 amide bonds. The summed E-state index contributed by atoms with van der Waals surface area (Å²) in [6, 6.07) is 0.615. The highest BCUT2D eigenvalue weighted by Gasteiger charge is 2.42. The fraction of sp³-hybridized carbons (Fsp3) is 0.929. The van der Waals surface area contributed by atoms with Gasteiger partial charge in [0.2, 0.25) is 0 Å². The van der Waals surface area contributed by atoms with Gasteiger partial charge < -0.3 is 0 Å². The van der Waals surface area contributed by atoms with Gasteiger partial charge in [0.25, 0.3) is 0 Å². The topological polar surface area (TPSA) is 20.3 Å². The monoisotopic (exact) mass is 257 g/mol. The van der Waals surface area contributed by atoms with Crippen molar-refractivity contribution in [3.8, 4) is 0 Å². The van der Waals surface area contributed by atoms with Crippen LogP contribution in [0.1, 0.15) is 51.4 Å². The number of Topliss-reactive ketones (excluding diaryl/α,β-unsaturated/α-hetero) is 1. The third-order valence-corrected chi connectivity index (χ3v) is 4.97. The number of carbonyl (C=O) groups excluding carboxylic acids is 1. The molecule has 0 aromatic carbocycles. The first-order valence-electron chi connectivity index (χ1n) is 7.14. The van der Waals surface area contributed by atoms with Crippen LogP contribution in [0.3, 0.4) is 0 Å². The second-order valence-electron chi connectivity index (χ2n) is 5.88. The molecule has 98 valence electrons. The molecule has 1 heterocycles. The van der Waals surface area contributed by atoms with Crippen LogP contribution in [0.2, 0.25) is 0 Å². The molecule has 1 saturated heterocycles. The summed E-state index contributed by atoms with van der Waals surface area (Å²) in [5.41, 5.74) is 0. The molecule has 2 bridgehead atoms. The van der Waals surface area contributed by atoms with Gasteiger partial charge in [-0.1, -0.05) is 12.8 Å². The highest BCUT2D eigenvalue weighted by atomic mass is 35.5. The molecule has 0 N–H and O–H groups in total. The fourth-order valence-electron chi connectivity index (χ4n) is 4.10. The molecule has 0 radical (unpaired) electrons. The van der Waals surface area contributed by atoms with E-state index in [1.165, 1.54) is 64.5 Å². The Kier molecular flexibility index (Phi) is 4.48. The summed E-state index contributed by atoms with van der Waals surface area (Å²) in [4.78, 5) is 14.9. The minimum Gasteiger partial charge on any atom is -0.300 e. The number of fused-ring (bicyclic) bond motifs is 2. The molecule has 3 unspecified atom stereocenters. The molecule has 3 aliphatic rings. The van der Waals surface area contributed by atoms with E-state index in [0.717, 1.165) is 0 Å². The lowest BCUT2D eigenvalue weighted by atomic mass is 9.68. The minimum absolute atomic E-state index is 0. The normalized spacial score (nSPS) is 38.6. The van der Waals surface area contributed by atoms with Crippen molar-refractivity contribution in [1.29, 1.82) is 0 Å².